The number of aromatic nitrogens is 2. The van der Waals surface area contributed by atoms with Gasteiger partial charge in [-0.2, -0.15) is 5.10 Å². The van der Waals surface area contributed by atoms with Crippen LogP contribution in [-0.2, 0) is 9.59 Å². The lowest BCUT2D eigenvalue weighted by Crippen LogP contribution is -2.43. The zero-order valence-electron chi connectivity index (χ0n) is 22.1. The normalized spacial score (nSPS) is 15.4. The van der Waals surface area contributed by atoms with E-state index in [2.05, 4.69) is 49.7 Å². The maximum Gasteiger partial charge on any atom is 0.240 e. The lowest BCUT2D eigenvalue weighted by Gasteiger charge is -2.23. The van der Waals surface area contributed by atoms with Gasteiger partial charge in [0.2, 0.25) is 11.8 Å². The van der Waals surface area contributed by atoms with E-state index in [0.29, 0.717) is 18.3 Å². The molecule has 8 heteroatoms. The van der Waals surface area contributed by atoms with E-state index in [-0.39, 0.29) is 29.4 Å². The summed E-state index contributed by atoms with van der Waals surface area (Å²) in [7, 11) is 0. The molecule has 3 heterocycles. The lowest BCUT2D eigenvalue weighted by atomic mass is 10.0. The summed E-state index contributed by atoms with van der Waals surface area (Å²) in [6, 6.07) is 20.3. The number of hydrogen-bond acceptors (Lipinski definition) is 5. The molecule has 196 valence electrons. The summed E-state index contributed by atoms with van der Waals surface area (Å²) >= 11 is 3.31. The fraction of sp³-hybridized carbons (Fsp3) is 0.300. The van der Waals surface area contributed by atoms with Crippen LogP contribution in [0.1, 0.15) is 40.7 Å². The van der Waals surface area contributed by atoms with Gasteiger partial charge in [0.05, 0.1) is 22.4 Å². The quantitative estimate of drug-likeness (QED) is 0.303. The Balaban J connectivity index is 1.76. The monoisotopic (exact) mass is 544 g/mol. The van der Waals surface area contributed by atoms with Crippen LogP contribution in [0.3, 0.4) is 0 Å². The lowest BCUT2D eigenvalue weighted by molar-refractivity contribution is -0.123. The third-order valence-electron chi connectivity index (χ3n) is 6.56. The molecule has 0 saturated heterocycles. The van der Waals surface area contributed by atoms with Crippen LogP contribution in [0, 0.1) is 19.8 Å². The van der Waals surface area contributed by atoms with Gasteiger partial charge in [-0.05, 0) is 48.9 Å². The number of fused-ring (bicyclic) bond motifs is 1. The van der Waals surface area contributed by atoms with Crippen molar-refractivity contribution < 1.29 is 9.59 Å². The summed E-state index contributed by atoms with van der Waals surface area (Å²) in [4.78, 5) is 29.6. The highest BCUT2D eigenvalue weighted by Gasteiger charge is 2.38. The first-order valence-electron chi connectivity index (χ1n) is 12.8. The smallest absolute Gasteiger partial charge is 0.240 e. The van der Waals surface area contributed by atoms with Gasteiger partial charge in [-0.15, -0.1) is 23.1 Å². The second-order valence-electron chi connectivity index (χ2n) is 10.0. The summed E-state index contributed by atoms with van der Waals surface area (Å²) in [5.41, 5.74) is 5.95. The van der Waals surface area contributed by atoms with Gasteiger partial charge in [0.15, 0.2) is 0 Å². The van der Waals surface area contributed by atoms with E-state index in [4.69, 9.17) is 5.10 Å². The standard InChI is InChI=1S/C30H32N4O2S2/c1-19(2)16-31-24(35)17-33-25(36)18-38-29(28-21(4)14-15-37-28)26-27(22-8-6-5-7-9-22)32-34(30(26)33)23-12-10-20(3)11-13-23/h5-15,19,29H,16-18H2,1-4H3,(H,31,35). The molecule has 2 amide bonds. The third kappa shape index (κ3) is 5.28. The number of nitrogens with zero attached hydrogens (tertiary/aromatic N) is 3. The van der Waals surface area contributed by atoms with Crippen LogP contribution in [0.4, 0.5) is 5.82 Å². The van der Waals surface area contributed by atoms with Gasteiger partial charge in [0.25, 0.3) is 0 Å². The molecule has 0 saturated carbocycles. The Hall–Kier alpha value is -3.36. The summed E-state index contributed by atoms with van der Waals surface area (Å²) in [6.45, 7) is 8.77. The Morgan fingerprint density at radius 3 is 2.47 bits per heavy atom. The Kier molecular flexibility index (Phi) is 7.72. The Morgan fingerprint density at radius 1 is 1.08 bits per heavy atom. The minimum Gasteiger partial charge on any atom is -0.354 e. The van der Waals surface area contributed by atoms with Crippen molar-refractivity contribution in [3.05, 3.63) is 87.6 Å². The first-order chi connectivity index (χ1) is 18.3. The Labute approximate surface area is 232 Å². The van der Waals surface area contributed by atoms with Crippen LogP contribution < -0.4 is 10.2 Å². The first-order valence-corrected chi connectivity index (χ1v) is 14.7. The van der Waals surface area contributed by atoms with Gasteiger partial charge >= 0.3 is 0 Å². The predicted molar refractivity (Wildman–Crippen MR) is 157 cm³/mol. The maximum absolute atomic E-state index is 13.7. The molecule has 1 aliphatic heterocycles. The zero-order chi connectivity index (χ0) is 26.8. The summed E-state index contributed by atoms with van der Waals surface area (Å²) in [5, 5.41) is 10.1. The number of carbonyl (C=O) groups is 2. The highest BCUT2D eigenvalue weighted by Crippen LogP contribution is 2.50. The summed E-state index contributed by atoms with van der Waals surface area (Å²) in [5.74, 6) is 0.988. The van der Waals surface area contributed by atoms with E-state index < -0.39 is 0 Å². The molecule has 1 aliphatic rings. The molecule has 0 fully saturated rings. The molecule has 38 heavy (non-hydrogen) atoms. The van der Waals surface area contributed by atoms with Crippen LogP contribution in [0.25, 0.3) is 16.9 Å². The molecule has 0 spiro atoms. The van der Waals surface area contributed by atoms with E-state index >= 15 is 0 Å². The average molecular weight is 545 g/mol. The van der Waals surface area contributed by atoms with Crippen LogP contribution in [0.15, 0.2) is 66.0 Å². The van der Waals surface area contributed by atoms with Crippen molar-refractivity contribution in [1.29, 1.82) is 0 Å². The number of benzene rings is 2. The van der Waals surface area contributed by atoms with Gasteiger partial charge in [0.1, 0.15) is 12.4 Å². The van der Waals surface area contributed by atoms with Crippen LogP contribution in [-0.4, -0.2) is 40.4 Å². The molecule has 0 bridgehead atoms. The second kappa shape index (κ2) is 11.2. The van der Waals surface area contributed by atoms with Crippen LogP contribution >= 0.6 is 23.1 Å². The Bertz CT molecular complexity index is 1440. The second-order valence-corrected chi connectivity index (χ2v) is 12.1. The number of amides is 2. The van der Waals surface area contributed by atoms with E-state index in [1.807, 2.05) is 54.1 Å². The number of aryl methyl sites for hydroxylation is 2. The number of rotatable bonds is 7. The third-order valence-corrected chi connectivity index (χ3v) is 9.02. The minimum absolute atomic E-state index is 0.0545. The van der Waals surface area contributed by atoms with E-state index in [0.717, 1.165) is 28.1 Å². The SMILES string of the molecule is Cc1ccc(-n2nc(-c3ccccc3)c3c2N(CC(=O)NCC(C)C)C(=O)CSC3c2sccc2C)cc1. The molecule has 0 radical (unpaired) electrons. The first kappa shape index (κ1) is 26.3. The van der Waals surface area contributed by atoms with Gasteiger partial charge in [-0.25, -0.2) is 4.68 Å². The largest absolute Gasteiger partial charge is 0.354 e. The molecule has 2 aromatic carbocycles. The number of thiophene rings is 1. The maximum atomic E-state index is 13.7. The molecule has 6 nitrogen and oxygen atoms in total. The van der Waals surface area contributed by atoms with Crippen molar-refractivity contribution in [3.8, 4) is 16.9 Å². The molecule has 2 aromatic heterocycles. The molecule has 1 unspecified atom stereocenters. The van der Waals surface area contributed by atoms with Gasteiger partial charge in [0, 0.05) is 22.5 Å². The number of nitrogens with one attached hydrogen (secondary N) is 1. The summed E-state index contributed by atoms with van der Waals surface area (Å²) < 4.78 is 1.85. The molecular weight excluding hydrogens is 512 g/mol. The summed E-state index contributed by atoms with van der Waals surface area (Å²) in [6.07, 6.45) is 0. The molecular formula is C30H32N4O2S2. The topological polar surface area (TPSA) is 67.2 Å². The minimum atomic E-state index is -0.174. The van der Waals surface area contributed by atoms with Crippen molar-refractivity contribution in [2.75, 3.05) is 23.7 Å². The van der Waals surface area contributed by atoms with Crippen LogP contribution in [0.5, 0.6) is 0 Å². The Morgan fingerprint density at radius 2 is 1.82 bits per heavy atom. The number of carbonyl (C=O) groups excluding carboxylic acids is 2. The average Bonchev–Trinajstić information content (AvgIpc) is 3.48. The number of anilines is 1. The molecule has 1 N–H and O–H groups in total. The van der Waals surface area contributed by atoms with Crippen molar-refractivity contribution in [2.24, 2.45) is 5.92 Å². The van der Waals surface area contributed by atoms with E-state index in [1.54, 1.807) is 28.0 Å². The predicted octanol–water partition coefficient (Wildman–Crippen LogP) is 6.16. The molecule has 1 atom stereocenters. The van der Waals surface area contributed by atoms with Gasteiger partial charge in [-0.3, -0.25) is 14.5 Å². The highest BCUT2D eigenvalue weighted by molar-refractivity contribution is 8.00. The molecule has 0 aliphatic carbocycles. The highest BCUT2D eigenvalue weighted by atomic mass is 32.2. The number of hydrogen-bond donors (Lipinski definition) is 1. The van der Waals surface area contributed by atoms with E-state index in [9.17, 15) is 9.59 Å². The van der Waals surface area contributed by atoms with Crippen LogP contribution in [0.2, 0.25) is 0 Å². The van der Waals surface area contributed by atoms with Crippen molar-refractivity contribution in [1.82, 2.24) is 15.1 Å². The van der Waals surface area contributed by atoms with Crippen molar-refractivity contribution >= 4 is 40.7 Å². The van der Waals surface area contributed by atoms with Crippen molar-refractivity contribution in [3.63, 3.8) is 0 Å². The van der Waals surface area contributed by atoms with Crippen molar-refractivity contribution in [2.45, 2.75) is 32.9 Å². The molecule has 4 aromatic rings. The molecule has 5 rings (SSSR count). The van der Waals surface area contributed by atoms with E-state index in [1.165, 1.54) is 10.4 Å². The number of thioether (sulfide) groups is 1. The van der Waals surface area contributed by atoms with Gasteiger partial charge in [-0.1, -0.05) is 61.9 Å². The van der Waals surface area contributed by atoms with Gasteiger partial charge < -0.3 is 5.32 Å². The zero-order valence-corrected chi connectivity index (χ0v) is 23.7. The fourth-order valence-corrected chi connectivity index (χ4v) is 7.04. The fourth-order valence-electron chi connectivity index (χ4n) is 4.57.